The molecular weight excluding hydrogens is 747 g/mol. The Morgan fingerprint density at radius 2 is 1.34 bits per heavy atom. The molecule has 59 heavy (non-hydrogen) atoms. The highest BCUT2D eigenvalue weighted by molar-refractivity contribution is 5.90. The van der Waals surface area contributed by atoms with Crippen LogP contribution in [0.25, 0.3) is 44.5 Å². The van der Waals surface area contributed by atoms with Gasteiger partial charge in [-0.2, -0.15) is 0 Å². The molecule has 0 unspecified atom stereocenters. The van der Waals surface area contributed by atoms with Crippen LogP contribution in [0.1, 0.15) is 74.9 Å². The molecule has 4 N–H and O–H groups in total. The molecule has 5 heterocycles. The van der Waals surface area contributed by atoms with Gasteiger partial charge in [0, 0.05) is 36.0 Å². The summed E-state index contributed by atoms with van der Waals surface area (Å²) in [7, 11) is 1.28. The van der Waals surface area contributed by atoms with Crippen molar-refractivity contribution in [2.45, 2.75) is 63.7 Å². The maximum atomic E-state index is 13.9. The lowest BCUT2D eigenvalue weighted by atomic mass is 10.0. The van der Waals surface area contributed by atoms with E-state index in [-0.39, 0.29) is 29.8 Å². The van der Waals surface area contributed by atoms with Crippen LogP contribution in [-0.2, 0) is 19.1 Å². The number of H-pyrrole nitrogens is 2. The van der Waals surface area contributed by atoms with Gasteiger partial charge in [-0.15, -0.1) is 0 Å². The lowest BCUT2D eigenvalue weighted by molar-refractivity contribution is -0.137. The molecule has 2 saturated heterocycles. The number of amides is 4. The van der Waals surface area contributed by atoms with E-state index in [2.05, 4.69) is 62.0 Å². The number of rotatable bonds is 12. The molecule has 302 valence electrons. The molecule has 2 aliphatic rings. The molecule has 14 heteroatoms. The van der Waals surface area contributed by atoms with Gasteiger partial charge in [-0.3, -0.25) is 19.4 Å². The molecule has 0 bridgehead atoms. The summed E-state index contributed by atoms with van der Waals surface area (Å²) in [6.07, 6.45) is 8.56. The Morgan fingerprint density at radius 1 is 0.746 bits per heavy atom. The minimum absolute atomic E-state index is 0.0276. The van der Waals surface area contributed by atoms with Crippen molar-refractivity contribution in [1.82, 2.24) is 45.4 Å². The average molecular weight is 794 g/mol. The number of fused-ring (bicyclic) bond motifs is 1. The van der Waals surface area contributed by atoms with E-state index in [1.54, 1.807) is 11.1 Å². The third-order valence-electron chi connectivity index (χ3n) is 11.4. The van der Waals surface area contributed by atoms with Gasteiger partial charge in [0.15, 0.2) is 0 Å². The zero-order valence-electron chi connectivity index (χ0n) is 33.2. The number of benzene rings is 3. The van der Waals surface area contributed by atoms with Crippen molar-refractivity contribution in [2.24, 2.45) is 5.92 Å². The molecule has 3 aromatic carbocycles. The second-order valence-corrected chi connectivity index (χ2v) is 15.4. The third kappa shape index (κ3) is 8.02. The second-order valence-electron chi connectivity index (χ2n) is 15.4. The van der Waals surface area contributed by atoms with Crippen molar-refractivity contribution >= 4 is 35.1 Å². The molecule has 6 aromatic rings. The van der Waals surface area contributed by atoms with Gasteiger partial charge < -0.3 is 35.1 Å². The van der Waals surface area contributed by atoms with E-state index >= 15 is 0 Å². The number of hydrogen-bond donors (Lipinski definition) is 4. The summed E-state index contributed by atoms with van der Waals surface area (Å²) >= 11 is 0. The van der Waals surface area contributed by atoms with E-state index in [1.807, 2.05) is 73.6 Å². The Balaban J connectivity index is 0.948. The Morgan fingerprint density at radius 3 is 1.93 bits per heavy atom. The topological polar surface area (TPSA) is 178 Å². The number of aromatic nitrogens is 5. The molecule has 3 aromatic heterocycles. The van der Waals surface area contributed by atoms with Crippen molar-refractivity contribution in [3.63, 3.8) is 0 Å². The van der Waals surface area contributed by atoms with Crippen molar-refractivity contribution < 1.29 is 23.9 Å². The Kier molecular flexibility index (Phi) is 11.2. The van der Waals surface area contributed by atoms with Crippen LogP contribution in [0.3, 0.4) is 0 Å². The van der Waals surface area contributed by atoms with Gasteiger partial charge in [0.25, 0.3) is 5.91 Å². The third-order valence-corrected chi connectivity index (χ3v) is 11.4. The lowest BCUT2D eigenvalue weighted by Gasteiger charge is -2.29. The number of nitrogens with one attached hydrogen (secondary N) is 4. The number of pyridine rings is 1. The number of ether oxygens (including phenoxy) is 1. The number of alkyl carbamates (subject to hydrolysis) is 1. The van der Waals surface area contributed by atoms with Crippen LogP contribution in [0.5, 0.6) is 0 Å². The number of aromatic amines is 2. The average Bonchev–Trinajstić information content (AvgIpc) is 4.11. The van der Waals surface area contributed by atoms with E-state index in [0.29, 0.717) is 30.9 Å². The number of likely N-dealkylation sites (tertiary alicyclic amines) is 2. The first kappa shape index (κ1) is 39.0. The fourth-order valence-corrected chi connectivity index (χ4v) is 8.31. The molecule has 2 fully saturated rings. The van der Waals surface area contributed by atoms with Gasteiger partial charge in [-0.25, -0.2) is 14.8 Å². The Labute approximate surface area is 341 Å². The molecule has 4 atom stereocenters. The maximum Gasteiger partial charge on any atom is 0.407 e. The Hall–Kier alpha value is -6.83. The van der Waals surface area contributed by atoms with Crippen LogP contribution in [-0.4, -0.2) is 85.3 Å². The number of methoxy groups -OCH3 is 1. The number of hydrogen-bond acceptors (Lipinski definition) is 8. The van der Waals surface area contributed by atoms with Gasteiger partial charge in [0.2, 0.25) is 12.3 Å². The van der Waals surface area contributed by atoms with Gasteiger partial charge in [-0.1, -0.05) is 68.4 Å². The summed E-state index contributed by atoms with van der Waals surface area (Å²) in [5.74, 6) is 1.09. The van der Waals surface area contributed by atoms with Gasteiger partial charge >= 0.3 is 6.09 Å². The van der Waals surface area contributed by atoms with Crippen molar-refractivity contribution in [3.8, 4) is 33.8 Å². The minimum atomic E-state index is -0.887. The summed E-state index contributed by atoms with van der Waals surface area (Å²) in [6.45, 7) is 5.03. The SMILES string of the molecule is COC(=O)N[C@@H](C(=O)N1CCC[C@H]1c1ncc(-c2ccc(-c3ccc4cc(-c5cnc([C@@H]6CCCN6C(=O)[C@@H](NC=O)C(C)C)[nH]5)ccc4c3)nc2)[nH]1)c1ccccc1. The first-order chi connectivity index (χ1) is 28.7. The highest BCUT2D eigenvalue weighted by atomic mass is 16.5. The van der Waals surface area contributed by atoms with E-state index in [9.17, 15) is 19.2 Å². The first-order valence-electron chi connectivity index (χ1n) is 20.0. The van der Waals surface area contributed by atoms with Crippen LogP contribution < -0.4 is 10.6 Å². The molecule has 14 nitrogen and oxygen atoms in total. The van der Waals surface area contributed by atoms with Crippen molar-refractivity contribution in [3.05, 3.63) is 115 Å². The summed E-state index contributed by atoms with van der Waals surface area (Å²) in [6, 6.07) is 23.8. The molecule has 0 radical (unpaired) electrons. The number of imidazole rings is 2. The van der Waals surface area contributed by atoms with Crippen molar-refractivity contribution in [2.75, 3.05) is 20.2 Å². The van der Waals surface area contributed by atoms with Gasteiger partial charge in [0.1, 0.15) is 23.7 Å². The Bertz CT molecular complexity index is 2460. The van der Waals surface area contributed by atoms with Crippen LogP contribution >= 0.6 is 0 Å². The summed E-state index contributed by atoms with van der Waals surface area (Å²) < 4.78 is 4.83. The largest absolute Gasteiger partial charge is 0.453 e. The van der Waals surface area contributed by atoms with E-state index in [0.717, 1.165) is 76.1 Å². The van der Waals surface area contributed by atoms with Gasteiger partial charge in [0.05, 0.1) is 48.7 Å². The standard InChI is InChI=1S/C45H47N9O5/c1-27(2)39(49-26-55)43(56)53-19-7-11-37(53)41-47-24-35(50-41)32-16-14-29-21-31(15-13-30(29)22-32)34-18-17-33(23-46-34)36-25-48-42(51-36)38-12-8-20-54(38)44(57)40(52-45(58)59-3)28-9-5-4-6-10-28/h4-6,9-10,13-18,21-27,37-40H,7-8,11-12,19-20H2,1-3H3,(H,47,50)(H,48,51)(H,49,55)(H,52,58)/t37-,38-,39-,40+/m0/s1. The molecule has 0 aliphatic carbocycles. The predicted octanol–water partition coefficient (Wildman–Crippen LogP) is 6.88. The van der Waals surface area contributed by atoms with Crippen LogP contribution in [0.2, 0.25) is 0 Å². The van der Waals surface area contributed by atoms with Crippen LogP contribution in [0.4, 0.5) is 4.79 Å². The van der Waals surface area contributed by atoms with E-state index < -0.39 is 18.2 Å². The molecule has 8 rings (SSSR count). The molecule has 2 aliphatic heterocycles. The molecular formula is C45H47N9O5. The summed E-state index contributed by atoms with van der Waals surface area (Å²) in [4.78, 5) is 75.4. The first-order valence-corrected chi connectivity index (χ1v) is 20.0. The fraction of sp³-hybridized carbons (Fsp3) is 0.311. The van der Waals surface area contributed by atoms with Crippen LogP contribution in [0, 0.1) is 5.92 Å². The highest BCUT2D eigenvalue weighted by Crippen LogP contribution is 2.36. The lowest BCUT2D eigenvalue weighted by Crippen LogP contribution is -2.48. The number of nitrogens with zero attached hydrogens (tertiary/aromatic N) is 5. The van der Waals surface area contributed by atoms with Gasteiger partial charge in [-0.05, 0) is 72.2 Å². The predicted molar refractivity (Wildman–Crippen MR) is 222 cm³/mol. The quantitative estimate of drug-likeness (QED) is 0.0970. The monoisotopic (exact) mass is 793 g/mol. The highest BCUT2D eigenvalue weighted by Gasteiger charge is 2.38. The molecule has 0 spiro atoms. The fourth-order valence-electron chi connectivity index (χ4n) is 8.31. The molecule has 4 amide bonds. The number of carbonyl (C=O) groups excluding carboxylic acids is 4. The van der Waals surface area contributed by atoms with E-state index in [4.69, 9.17) is 14.7 Å². The second kappa shape index (κ2) is 16.9. The summed E-state index contributed by atoms with van der Waals surface area (Å²) in [5, 5.41) is 7.54. The van der Waals surface area contributed by atoms with E-state index in [1.165, 1.54) is 7.11 Å². The zero-order chi connectivity index (χ0) is 41.0. The number of carbonyl (C=O) groups is 4. The summed E-state index contributed by atoms with van der Waals surface area (Å²) in [5.41, 5.74) is 6.00. The molecule has 0 saturated carbocycles. The van der Waals surface area contributed by atoms with Crippen LogP contribution in [0.15, 0.2) is 97.5 Å². The zero-order valence-corrected chi connectivity index (χ0v) is 33.2. The maximum absolute atomic E-state index is 13.9. The van der Waals surface area contributed by atoms with Crippen molar-refractivity contribution in [1.29, 1.82) is 0 Å². The normalized spacial score (nSPS) is 17.6. The smallest absolute Gasteiger partial charge is 0.407 e. The minimum Gasteiger partial charge on any atom is -0.453 e.